The van der Waals surface area contributed by atoms with Crippen molar-refractivity contribution in [2.75, 3.05) is 5.32 Å². The average Bonchev–Trinajstić information content (AvgIpc) is 2.98. The van der Waals surface area contributed by atoms with E-state index < -0.39 is 29.6 Å². The van der Waals surface area contributed by atoms with Gasteiger partial charge >= 0.3 is 6.18 Å². The maximum Gasteiger partial charge on any atom is 0.451 e. The summed E-state index contributed by atoms with van der Waals surface area (Å²) >= 11 is 0. The van der Waals surface area contributed by atoms with Crippen molar-refractivity contribution in [1.82, 2.24) is 9.97 Å². The minimum absolute atomic E-state index is 0.0414. The molecule has 0 aromatic carbocycles. The lowest BCUT2D eigenvalue weighted by Crippen LogP contribution is -2.37. The van der Waals surface area contributed by atoms with Crippen LogP contribution < -0.4 is 11.1 Å². The van der Waals surface area contributed by atoms with E-state index in [1.165, 1.54) is 19.4 Å². The highest BCUT2D eigenvalue weighted by atomic mass is 19.4. The van der Waals surface area contributed by atoms with Crippen molar-refractivity contribution in [2.45, 2.75) is 25.6 Å². The first-order valence-corrected chi connectivity index (χ1v) is 5.98. The number of furan rings is 1. The number of hydrogen-bond donors (Lipinski definition) is 3. The van der Waals surface area contributed by atoms with Gasteiger partial charge in [-0.1, -0.05) is 0 Å². The Morgan fingerprint density at radius 3 is 2.86 bits per heavy atom. The minimum atomic E-state index is -4.69. The van der Waals surface area contributed by atoms with Crippen LogP contribution in [0.25, 0.3) is 0 Å². The minimum Gasteiger partial charge on any atom is -0.455 e. The van der Waals surface area contributed by atoms with Crippen LogP contribution in [0.15, 0.2) is 23.0 Å². The van der Waals surface area contributed by atoms with Crippen molar-refractivity contribution in [2.24, 2.45) is 5.73 Å². The molecule has 2 aromatic rings. The first kappa shape index (κ1) is 15.1. The molecule has 0 saturated carbocycles. The Balaban J connectivity index is 2.09. The van der Waals surface area contributed by atoms with Crippen LogP contribution in [-0.4, -0.2) is 21.9 Å². The van der Waals surface area contributed by atoms with Crippen molar-refractivity contribution in [3.63, 3.8) is 0 Å². The van der Waals surface area contributed by atoms with Gasteiger partial charge in [0.05, 0.1) is 18.1 Å². The summed E-state index contributed by atoms with van der Waals surface area (Å²) in [5.41, 5.74) is 5.82. The largest absolute Gasteiger partial charge is 0.455 e. The SMILES string of the molecule is Cc1cc(NC(=O)C(N)Cc2cnc[nH]2)c(C(F)(F)F)o1. The van der Waals surface area contributed by atoms with Crippen LogP contribution in [0.1, 0.15) is 17.2 Å². The number of amides is 1. The summed E-state index contributed by atoms with van der Waals surface area (Å²) in [4.78, 5) is 18.4. The van der Waals surface area contributed by atoms with Gasteiger partial charge in [-0.2, -0.15) is 13.2 Å². The molecule has 0 fully saturated rings. The molecule has 21 heavy (non-hydrogen) atoms. The van der Waals surface area contributed by atoms with Crippen molar-refractivity contribution in [1.29, 1.82) is 0 Å². The Morgan fingerprint density at radius 2 is 2.29 bits per heavy atom. The van der Waals surface area contributed by atoms with Crippen molar-refractivity contribution in [3.8, 4) is 0 Å². The van der Waals surface area contributed by atoms with E-state index in [4.69, 9.17) is 5.73 Å². The molecule has 6 nitrogen and oxygen atoms in total. The molecule has 0 aliphatic carbocycles. The van der Waals surface area contributed by atoms with Gasteiger partial charge in [0.1, 0.15) is 5.76 Å². The predicted octanol–water partition coefficient (Wildman–Crippen LogP) is 1.84. The second-order valence-corrected chi connectivity index (χ2v) is 4.47. The highest BCUT2D eigenvalue weighted by molar-refractivity contribution is 5.95. The number of carbonyl (C=O) groups is 1. The van der Waals surface area contributed by atoms with Gasteiger partial charge < -0.3 is 20.5 Å². The molecule has 2 heterocycles. The first-order chi connectivity index (χ1) is 9.77. The zero-order chi connectivity index (χ0) is 15.6. The quantitative estimate of drug-likeness (QED) is 0.802. The number of aromatic nitrogens is 2. The fourth-order valence-electron chi connectivity index (χ4n) is 1.77. The maximum absolute atomic E-state index is 12.7. The summed E-state index contributed by atoms with van der Waals surface area (Å²) in [7, 11) is 0. The van der Waals surface area contributed by atoms with E-state index >= 15 is 0 Å². The number of nitrogens with one attached hydrogen (secondary N) is 2. The van der Waals surface area contributed by atoms with E-state index in [1.54, 1.807) is 0 Å². The molecule has 1 amide bonds. The van der Waals surface area contributed by atoms with Crippen LogP contribution in [0.4, 0.5) is 18.9 Å². The van der Waals surface area contributed by atoms with Crippen LogP contribution in [0, 0.1) is 6.92 Å². The third kappa shape index (κ3) is 3.63. The fraction of sp³-hybridized carbons (Fsp3) is 0.333. The summed E-state index contributed by atoms with van der Waals surface area (Å²) < 4.78 is 42.8. The maximum atomic E-state index is 12.7. The van der Waals surface area contributed by atoms with Crippen molar-refractivity contribution in [3.05, 3.63) is 35.8 Å². The van der Waals surface area contributed by atoms with Crippen LogP contribution >= 0.6 is 0 Å². The van der Waals surface area contributed by atoms with E-state index in [1.807, 2.05) is 0 Å². The predicted molar refractivity (Wildman–Crippen MR) is 67.3 cm³/mol. The van der Waals surface area contributed by atoms with Gasteiger partial charge in [0.2, 0.25) is 11.7 Å². The molecular formula is C12H13F3N4O2. The lowest BCUT2D eigenvalue weighted by atomic mass is 10.1. The van der Waals surface area contributed by atoms with Crippen LogP contribution in [0.5, 0.6) is 0 Å². The van der Waals surface area contributed by atoms with E-state index in [0.717, 1.165) is 6.07 Å². The number of nitrogens with zero attached hydrogens (tertiary/aromatic N) is 1. The lowest BCUT2D eigenvalue weighted by molar-refractivity contribution is -0.152. The average molecular weight is 302 g/mol. The van der Waals surface area contributed by atoms with E-state index in [9.17, 15) is 18.0 Å². The Kier molecular flexibility index (Phi) is 4.03. The van der Waals surface area contributed by atoms with Crippen molar-refractivity contribution < 1.29 is 22.4 Å². The van der Waals surface area contributed by atoms with Crippen LogP contribution in [0.3, 0.4) is 0 Å². The number of alkyl halides is 3. The molecule has 9 heteroatoms. The number of aromatic amines is 1. The Labute approximate surface area is 117 Å². The highest BCUT2D eigenvalue weighted by Crippen LogP contribution is 2.37. The van der Waals surface area contributed by atoms with Gasteiger partial charge in [-0.05, 0) is 6.92 Å². The molecule has 114 valence electrons. The molecule has 4 N–H and O–H groups in total. The molecule has 1 unspecified atom stereocenters. The van der Waals surface area contributed by atoms with Gasteiger partial charge in [-0.25, -0.2) is 4.98 Å². The molecule has 0 radical (unpaired) electrons. The Morgan fingerprint density at radius 1 is 1.57 bits per heavy atom. The van der Waals surface area contributed by atoms with Crippen molar-refractivity contribution >= 4 is 11.6 Å². The molecule has 0 bridgehead atoms. The van der Waals surface area contributed by atoms with Gasteiger partial charge in [0.25, 0.3) is 0 Å². The number of hydrogen-bond acceptors (Lipinski definition) is 4. The fourth-order valence-corrected chi connectivity index (χ4v) is 1.77. The molecule has 0 aliphatic rings. The standard InChI is InChI=1S/C12H13F3N4O2/c1-6-2-9(10(21-6)12(13,14)15)19-11(20)8(16)3-7-4-17-5-18-7/h2,4-5,8H,3,16H2,1H3,(H,17,18)(H,19,20). The topological polar surface area (TPSA) is 96.9 Å². The number of halogens is 3. The molecule has 0 spiro atoms. The van der Waals surface area contributed by atoms with Crippen LogP contribution in [0.2, 0.25) is 0 Å². The number of anilines is 1. The van der Waals surface area contributed by atoms with E-state index in [0.29, 0.717) is 5.69 Å². The highest BCUT2D eigenvalue weighted by Gasteiger charge is 2.39. The van der Waals surface area contributed by atoms with Gasteiger partial charge in [0.15, 0.2) is 0 Å². The summed E-state index contributed by atoms with van der Waals surface area (Å²) in [6, 6.07) is 0.0886. The zero-order valence-corrected chi connectivity index (χ0v) is 11.0. The van der Waals surface area contributed by atoms with Gasteiger partial charge in [-0.15, -0.1) is 0 Å². The number of carbonyl (C=O) groups excluding carboxylic acids is 1. The molecule has 2 aromatic heterocycles. The second kappa shape index (κ2) is 5.60. The summed E-state index contributed by atoms with van der Waals surface area (Å²) in [5.74, 6) is -1.95. The summed E-state index contributed by atoms with van der Waals surface area (Å²) in [6.45, 7) is 1.36. The normalized spacial score (nSPS) is 13.2. The monoisotopic (exact) mass is 302 g/mol. The number of H-pyrrole nitrogens is 1. The van der Waals surface area contributed by atoms with Crippen LogP contribution in [-0.2, 0) is 17.4 Å². The summed E-state index contributed by atoms with van der Waals surface area (Å²) in [5, 5.41) is 2.14. The zero-order valence-electron chi connectivity index (χ0n) is 11.0. The molecule has 1 atom stereocenters. The smallest absolute Gasteiger partial charge is 0.451 e. The molecule has 2 rings (SSSR count). The number of imidazole rings is 1. The van der Waals surface area contributed by atoms with Gasteiger partial charge in [-0.3, -0.25) is 4.79 Å². The lowest BCUT2D eigenvalue weighted by Gasteiger charge is -2.12. The van der Waals surface area contributed by atoms with E-state index in [-0.39, 0.29) is 12.2 Å². The van der Waals surface area contributed by atoms with E-state index in [2.05, 4.69) is 19.7 Å². The molecule has 0 aliphatic heterocycles. The first-order valence-electron chi connectivity index (χ1n) is 5.98. The third-order valence-corrected chi connectivity index (χ3v) is 2.70. The number of aryl methyl sites for hydroxylation is 1. The summed E-state index contributed by atoms with van der Waals surface area (Å²) in [6.07, 6.45) is -1.66. The number of rotatable bonds is 4. The second-order valence-electron chi connectivity index (χ2n) is 4.47. The molecule has 0 saturated heterocycles. The molecular weight excluding hydrogens is 289 g/mol. The van der Waals surface area contributed by atoms with Gasteiger partial charge in [0, 0.05) is 24.4 Å². The third-order valence-electron chi connectivity index (χ3n) is 2.70. The Hall–Kier alpha value is -2.29. The Bertz CT molecular complexity index is 619. The number of nitrogens with two attached hydrogens (primary N) is 1.